The van der Waals surface area contributed by atoms with E-state index in [9.17, 15) is 0 Å². The van der Waals surface area contributed by atoms with Crippen molar-refractivity contribution in [1.82, 2.24) is 10.3 Å². The lowest BCUT2D eigenvalue weighted by molar-refractivity contribution is 0.160. The van der Waals surface area contributed by atoms with Crippen LogP contribution in [0.25, 0.3) is 15.7 Å². The molecule has 0 atom stereocenters. The van der Waals surface area contributed by atoms with Crippen LogP contribution in [0, 0.1) is 0 Å². The molecule has 1 saturated heterocycles. The van der Waals surface area contributed by atoms with E-state index in [4.69, 9.17) is 0 Å². The number of piperidine rings is 1. The van der Waals surface area contributed by atoms with E-state index in [1.54, 1.807) is 25.0 Å². The Labute approximate surface area is 164 Å². The second-order valence-electron chi connectivity index (χ2n) is 6.72. The van der Waals surface area contributed by atoms with Crippen LogP contribution in [-0.4, -0.2) is 35.8 Å². The van der Waals surface area contributed by atoms with Gasteiger partial charge in [-0.2, -0.15) is 0 Å². The van der Waals surface area contributed by atoms with E-state index < -0.39 is 5.67 Å². The fraction of sp³-hybridized carbons (Fsp3) is 0.333. The summed E-state index contributed by atoms with van der Waals surface area (Å²) in [6.07, 6.45) is 2.63. The number of alkyl halides is 1. The van der Waals surface area contributed by atoms with Gasteiger partial charge in [-0.25, -0.2) is 9.37 Å². The number of halogens is 1. The maximum absolute atomic E-state index is 15.0. The van der Waals surface area contributed by atoms with Crippen LogP contribution in [0.15, 0.2) is 54.3 Å². The lowest BCUT2D eigenvalue weighted by atomic mass is 9.91. The number of rotatable bonds is 5. The van der Waals surface area contributed by atoms with Gasteiger partial charge in [-0.15, -0.1) is 0 Å². The van der Waals surface area contributed by atoms with Gasteiger partial charge in [0.25, 0.3) is 0 Å². The van der Waals surface area contributed by atoms with E-state index in [1.807, 2.05) is 25.1 Å². The zero-order valence-electron chi connectivity index (χ0n) is 15.8. The molecule has 1 aliphatic heterocycles. The van der Waals surface area contributed by atoms with Crippen molar-refractivity contribution >= 4 is 38.3 Å². The number of thioether (sulfide) groups is 1. The minimum Gasteiger partial charge on any atom is -0.341 e. The summed E-state index contributed by atoms with van der Waals surface area (Å²) in [7, 11) is 1.77. The van der Waals surface area contributed by atoms with Crippen LogP contribution < -0.4 is 10.6 Å². The molecule has 1 fully saturated rings. The van der Waals surface area contributed by atoms with Crippen LogP contribution in [0.5, 0.6) is 0 Å². The normalized spacial score (nSPS) is 16.9. The third kappa shape index (κ3) is 4.57. The summed E-state index contributed by atoms with van der Waals surface area (Å²) in [5.41, 5.74) is 0.0135. The van der Waals surface area contributed by atoms with Crippen molar-refractivity contribution in [3.05, 3.63) is 54.9 Å². The quantitative estimate of drug-likeness (QED) is 0.562. The van der Waals surface area contributed by atoms with Crippen molar-refractivity contribution in [2.24, 2.45) is 4.99 Å². The fourth-order valence-electron chi connectivity index (χ4n) is 3.06. The highest BCUT2D eigenvalue weighted by Gasteiger charge is 2.35. The number of aromatic nitrogens is 1. The summed E-state index contributed by atoms with van der Waals surface area (Å²) >= 11 is 1.55. The monoisotopic (exact) mass is 384 g/mol. The maximum Gasteiger partial charge on any atom is 0.152 e. The van der Waals surface area contributed by atoms with Gasteiger partial charge in [0.15, 0.2) is 5.67 Å². The van der Waals surface area contributed by atoms with Crippen LogP contribution in [0.3, 0.4) is 0 Å². The van der Waals surface area contributed by atoms with Crippen LogP contribution in [0.2, 0.25) is 0 Å². The first-order valence-corrected chi connectivity index (χ1v) is 9.79. The van der Waals surface area contributed by atoms with Gasteiger partial charge in [-0.1, -0.05) is 37.1 Å². The number of anilines is 1. The first kappa shape index (κ1) is 19.6. The SMILES string of the molecule is C=C(SC(C)=NC)c1ccc2cnc(NC(=C)C3(F)CCNCC3)cc2c1. The van der Waals surface area contributed by atoms with Gasteiger partial charge in [-0.05, 0) is 55.9 Å². The summed E-state index contributed by atoms with van der Waals surface area (Å²) in [4.78, 5) is 9.51. The molecule has 2 N–H and O–H groups in total. The number of aliphatic imine (C=N–C) groups is 1. The lowest BCUT2D eigenvalue weighted by Crippen LogP contribution is -2.41. The van der Waals surface area contributed by atoms with Gasteiger partial charge in [0.2, 0.25) is 0 Å². The Morgan fingerprint density at radius 2 is 2.00 bits per heavy atom. The highest BCUT2D eigenvalue weighted by Crippen LogP contribution is 2.32. The topological polar surface area (TPSA) is 49.3 Å². The average Bonchev–Trinajstić information content (AvgIpc) is 2.67. The van der Waals surface area contributed by atoms with Gasteiger partial charge in [0.05, 0.1) is 5.04 Å². The Balaban J connectivity index is 1.81. The molecule has 0 amide bonds. The van der Waals surface area contributed by atoms with E-state index >= 15 is 4.39 Å². The van der Waals surface area contributed by atoms with Crippen LogP contribution in [-0.2, 0) is 0 Å². The summed E-state index contributed by atoms with van der Waals surface area (Å²) in [5.74, 6) is 0.602. The number of nitrogens with zero attached hydrogens (tertiary/aromatic N) is 2. The summed E-state index contributed by atoms with van der Waals surface area (Å²) < 4.78 is 15.0. The molecular formula is C21H25FN4S. The molecule has 0 bridgehead atoms. The molecule has 4 nitrogen and oxygen atoms in total. The minimum atomic E-state index is -1.40. The molecule has 1 aromatic heterocycles. The van der Waals surface area contributed by atoms with Crippen molar-refractivity contribution in [3.63, 3.8) is 0 Å². The van der Waals surface area contributed by atoms with Gasteiger partial charge >= 0.3 is 0 Å². The predicted octanol–water partition coefficient (Wildman–Crippen LogP) is 5.00. The van der Waals surface area contributed by atoms with Crippen molar-refractivity contribution < 1.29 is 4.39 Å². The average molecular weight is 385 g/mol. The highest BCUT2D eigenvalue weighted by atomic mass is 32.2. The van der Waals surface area contributed by atoms with E-state index in [0.29, 0.717) is 37.4 Å². The number of nitrogens with one attached hydrogen (secondary N) is 2. The molecule has 0 unspecified atom stereocenters. The van der Waals surface area contributed by atoms with E-state index in [0.717, 1.165) is 26.3 Å². The molecule has 1 aliphatic rings. The number of pyridine rings is 1. The molecule has 0 spiro atoms. The molecule has 6 heteroatoms. The molecule has 27 heavy (non-hydrogen) atoms. The van der Waals surface area contributed by atoms with E-state index in [2.05, 4.69) is 39.8 Å². The Morgan fingerprint density at radius 3 is 2.70 bits per heavy atom. The molecule has 142 valence electrons. The smallest absolute Gasteiger partial charge is 0.152 e. The fourth-order valence-corrected chi connectivity index (χ4v) is 3.75. The summed E-state index contributed by atoms with van der Waals surface area (Å²) in [5, 5.41) is 9.25. The van der Waals surface area contributed by atoms with Crippen LogP contribution >= 0.6 is 11.8 Å². The first-order chi connectivity index (χ1) is 12.9. The molecule has 2 aromatic rings. The van der Waals surface area contributed by atoms with E-state index in [1.165, 1.54) is 0 Å². The lowest BCUT2D eigenvalue weighted by Gasteiger charge is -2.32. The molecule has 0 aliphatic carbocycles. The molecule has 0 radical (unpaired) electrons. The Morgan fingerprint density at radius 1 is 1.26 bits per heavy atom. The van der Waals surface area contributed by atoms with Gasteiger partial charge in [-0.3, -0.25) is 4.99 Å². The number of hydrogen-bond acceptors (Lipinski definition) is 5. The summed E-state index contributed by atoms with van der Waals surface area (Å²) in [6, 6.07) is 8.04. The Kier molecular flexibility index (Phi) is 5.97. The molecule has 3 rings (SSSR count). The Hall–Kier alpha value is -2.18. The van der Waals surface area contributed by atoms with Crippen molar-refractivity contribution in [2.75, 3.05) is 25.5 Å². The standard InChI is InChI=1S/C21H25FN4S/c1-14(27-16(3)23-4)17-5-6-18-13-25-20(12-19(18)11-17)26-15(2)21(22)7-9-24-10-8-21/h5-6,11-13,24H,1-2,7-10H2,3-4H3,(H,25,26). The van der Waals surface area contributed by atoms with Crippen molar-refractivity contribution in [3.8, 4) is 0 Å². The largest absolute Gasteiger partial charge is 0.341 e. The highest BCUT2D eigenvalue weighted by molar-refractivity contribution is 8.21. The summed E-state index contributed by atoms with van der Waals surface area (Å²) in [6.45, 7) is 11.3. The van der Waals surface area contributed by atoms with Crippen LogP contribution in [0.1, 0.15) is 25.3 Å². The molecular weight excluding hydrogens is 359 g/mol. The van der Waals surface area contributed by atoms with Crippen LogP contribution in [0.4, 0.5) is 10.2 Å². The van der Waals surface area contributed by atoms with Crippen molar-refractivity contribution in [1.29, 1.82) is 0 Å². The van der Waals surface area contributed by atoms with Gasteiger partial charge in [0, 0.05) is 29.2 Å². The molecule has 2 heterocycles. The second kappa shape index (κ2) is 8.23. The minimum absolute atomic E-state index is 0.377. The third-order valence-corrected chi connectivity index (χ3v) is 5.81. The number of hydrogen-bond donors (Lipinski definition) is 2. The number of allylic oxidation sites excluding steroid dienone is 1. The second-order valence-corrected chi connectivity index (χ2v) is 8.01. The molecule has 1 aromatic carbocycles. The maximum atomic E-state index is 15.0. The van der Waals surface area contributed by atoms with Gasteiger partial charge in [0.1, 0.15) is 5.82 Å². The van der Waals surface area contributed by atoms with Crippen molar-refractivity contribution in [2.45, 2.75) is 25.4 Å². The zero-order chi connectivity index (χ0) is 19.4. The predicted molar refractivity (Wildman–Crippen MR) is 116 cm³/mol. The molecule has 0 saturated carbocycles. The zero-order valence-corrected chi connectivity index (χ0v) is 16.6. The first-order valence-electron chi connectivity index (χ1n) is 8.98. The number of fused-ring (bicyclic) bond motifs is 1. The van der Waals surface area contributed by atoms with E-state index in [-0.39, 0.29) is 0 Å². The third-order valence-electron chi connectivity index (χ3n) is 4.85. The number of benzene rings is 1. The van der Waals surface area contributed by atoms with Gasteiger partial charge < -0.3 is 10.6 Å². The Bertz CT molecular complexity index is 900.